The average molecular weight is 161 g/mol. The van der Waals surface area contributed by atoms with Crippen molar-refractivity contribution in [1.29, 1.82) is 0 Å². The first-order valence-electron chi connectivity index (χ1n) is 3.46. The van der Waals surface area contributed by atoms with Gasteiger partial charge in [0.2, 0.25) is 0 Å². The van der Waals surface area contributed by atoms with E-state index in [2.05, 4.69) is 5.92 Å². The van der Waals surface area contributed by atoms with E-state index in [1.54, 1.807) is 32.4 Å². The molecule has 0 aliphatic carbocycles. The number of benzene rings is 1. The van der Waals surface area contributed by atoms with Gasteiger partial charge in [0.05, 0.1) is 19.8 Å². The molecule has 0 saturated heterocycles. The van der Waals surface area contributed by atoms with Crippen molar-refractivity contribution in [1.82, 2.24) is 0 Å². The predicted molar refractivity (Wildman–Crippen MR) is 45.8 cm³/mol. The van der Waals surface area contributed by atoms with Gasteiger partial charge in [-0.2, -0.15) is 0 Å². The molecule has 0 atom stereocenters. The summed E-state index contributed by atoms with van der Waals surface area (Å²) in [5, 5.41) is 0. The quantitative estimate of drug-likeness (QED) is 0.614. The molecular weight excluding hydrogens is 152 g/mol. The molecule has 0 bridgehead atoms. The summed E-state index contributed by atoms with van der Waals surface area (Å²) < 4.78 is 10.0. The van der Waals surface area contributed by atoms with Crippen molar-refractivity contribution in [2.75, 3.05) is 14.2 Å². The highest BCUT2D eigenvalue weighted by Crippen LogP contribution is 2.23. The van der Waals surface area contributed by atoms with E-state index in [9.17, 15) is 0 Å². The van der Waals surface area contributed by atoms with E-state index < -0.39 is 0 Å². The maximum atomic E-state index is 6.94. The zero-order valence-corrected chi connectivity index (χ0v) is 7.05. The van der Waals surface area contributed by atoms with Crippen molar-refractivity contribution < 1.29 is 9.47 Å². The minimum atomic E-state index is 0.601. The summed E-state index contributed by atoms with van der Waals surface area (Å²) in [5.74, 6) is 3.58. The topological polar surface area (TPSA) is 18.5 Å². The summed E-state index contributed by atoms with van der Waals surface area (Å²) in [5.41, 5.74) is 0.623. The molecule has 0 fully saturated rings. The van der Waals surface area contributed by atoms with Crippen LogP contribution in [0.3, 0.4) is 0 Å². The molecule has 0 spiro atoms. The van der Waals surface area contributed by atoms with Gasteiger partial charge < -0.3 is 9.47 Å². The zero-order valence-electron chi connectivity index (χ0n) is 7.05. The zero-order chi connectivity index (χ0) is 8.97. The van der Waals surface area contributed by atoms with E-state index >= 15 is 0 Å². The van der Waals surface area contributed by atoms with Gasteiger partial charge in [0.15, 0.2) is 0 Å². The Morgan fingerprint density at radius 3 is 2.50 bits per heavy atom. The number of ether oxygens (including phenoxy) is 2. The van der Waals surface area contributed by atoms with Crippen molar-refractivity contribution in [2.45, 2.75) is 0 Å². The maximum Gasteiger partial charge on any atom is 0.138 e. The van der Waals surface area contributed by atoms with E-state index in [1.807, 2.05) is 0 Å². The van der Waals surface area contributed by atoms with Crippen LogP contribution in [0.5, 0.6) is 11.5 Å². The molecule has 0 aliphatic rings. The van der Waals surface area contributed by atoms with Gasteiger partial charge in [-0.1, -0.05) is 0 Å². The van der Waals surface area contributed by atoms with Crippen molar-refractivity contribution in [3.8, 4) is 17.4 Å². The molecule has 0 N–H and O–H groups in total. The Morgan fingerprint density at radius 2 is 2.00 bits per heavy atom. The summed E-state index contributed by atoms with van der Waals surface area (Å²) in [6.45, 7) is 0. The Kier molecular flexibility index (Phi) is 2.60. The van der Waals surface area contributed by atoms with Crippen molar-refractivity contribution >= 4 is 0 Å². The average Bonchev–Trinajstić information content (AvgIpc) is 2.16. The monoisotopic (exact) mass is 161 g/mol. The highest BCUT2D eigenvalue weighted by molar-refractivity contribution is 5.48. The number of rotatable bonds is 2. The molecule has 0 aromatic heterocycles. The molecule has 1 aromatic rings. The molecule has 0 aliphatic heterocycles. The SMILES string of the molecule is [C]#Cc1ccc(OC)cc1OC. The van der Waals surface area contributed by atoms with Crippen LogP contribution in [0.1, 0.15) is 5.56 Å². The number of hydrogen-bond acceptors (Lipinski definition) is 2. The lowest BCUT2D eigenvalue weighted by Gasteiger charge is -2.05. The Balaban J connectivity index is 3.13. The summed E-state index contributed by atoms with van der Waals surface area (Å²) in [7, 11) is 3.14. The molecule has 1 radical (unpaired) electrons. The van der Waals surface area contributed by atoms with Crippen LogP contribution in [0.25, 0.3) is 0 Å². The van der Waals surface area contributed by atoms with Gasteiger partial charge in [-0.3, -0.25) is 0 Å². The van der Waals surface area contributed by atoms with Crippen LogP contribution >= 0.6 is 0 Å². The fraction of sp³-hybridized carbons (Fsp3) is 0.200. The minimum absolute atomic E-state index is 0.601. The van der Waals surface area contributed by atoms with Crippen molar-refractivity contribution in [3.05, 3.63) is 30.2 Å². The summed E-state index contributed by atoms with van der Waals surface area (Å²) in [4.78, 5) is 0. The van der Waals surface area contributed by atoms with Crippen LogP contribution in [0, 0.1) is 12.3 Å². The van der Waals surface area contributed by atoms with Crippen molar-refractivity contribution in [2.24, 2.45) is 0 Å². The van der Waals surface area contributed by atoms with E-state index in [4.69, 9.17) is 15.9 Å². The molecule has 61 valence electrons. The second kappa shape index (κ2) is 3.68. The van der Waals surface area contributed by atoms with Gasteiger partial charge in [-0.15, -0.1) is 0 Å². The molecule has 1 aromatic carbocycles. The summed E-state index contributed by atoms with van der Waals surface area (Å²) in [6, 6.07) is 5.21. The molecule has 2 heteroatoms. The van der Waals surface area contributed by atoms with Crippen LogP contribution in [-0.2, 0) is 0 Å². The highest BCUT2D eigenvalue weighted by Gasteiger charge is 2.00. The Hall–Kier alpha value is -1.62. The van der Waals surface area contributed by atoms with Crippen LogP contribution in [0.2, 0.25) is 0 Å². The van der Waals surface area contributed by atoms with Crippen LogP contribution in [-0.4, -0.2) is 14.2 Å². The molecular formula is C10H9O2. The summed E-state index contributed by atoms with van der Waals surface area (Å²) >= 11 is 0. The third-order valence-corrected chi connectivity index (χ3v) is 1.54. The van der Waals surface area contributed by atoms with Crippen molar-refractivity contribution in [3.63, 3.8) is 0 Å². The van der Waals surface area contributed by atoms with Crippen LogP contribution < -0.4 is 9.47 Å². The van der Waals surface area contributed by atoms with Gasteiger partial charge in [0.25, 0.3) is 0 Å². The predicted octanol–water partition coefficient (Wildman–Crippen LogP) is 1.64. The largest absolute Gasteiger partial charge is 0.497 e. The molecule has 0 amide bonds. The lowest BCUT2D eigenvalue weighted by Crippen LogP contribution is -1.89. The first-order valence-corrected chi connectivity index (χ1v) is 3.46. The van der Waals surface area contributed by atoms with Crippen LogP contribution in [0.4, 0.5) is 0 Å². The van der Waals surface area contributed by atoms with Gasteiger partial charge in [-0.25, -0.2) is 0 Å². The lowest BCUT2D eigenvalue weighted by atomic mass is 10.2. The fourth-order valence-corrected chi connectivity index (χ4v) is 0.902. The van der Waals surface area contributed by atoms with Crippen LogP contribution in [0.15, 0.2) is 18.2 Å². The van der Waals surface area contributed by atoms with E-state index in [0.717, 1.165) is 0 Å². The smallest absolute Gasteiger partial charge is 0.138 e. The molecule has 0 unspecified atom stereocenters. The molecule has 0 heterocycles. The molecule has 2 nitrogen and oxygen atoms in total. The second-order valence-corrected chi connectivity index (χ2v) is 2.19. The standard InChI is InChI=1S/C10H9O2/c1-4-8-5-6-9(11-2)7-10(8)12-3/h5-7H,2-3H3. The number of hydrogen-bond donors (Lipinski definition) is 0. The third kappa shape index (κ3) is 1.51. The highest BCUT2D eigenvalue weighted by atomic mass is 16.5. The first kappa shape index (κ1) is 8.48. The van der Waals surface area contributed by atoms with E-state index in [-0.39, 0.29) is 0 Å². The number of methoxy groups -OCH3 is 2. The molecule has 1 rings (SSSR count). The van der Waals surface area contributed by atoms with Gasteiger partial charge in [0, 0.05) is 6.07 Å². The van der Waals surface area contributed by atoms with E-state index in [0.29, 0.717) is 17.1 Å². The van der Waals surface area contributed by atoms with Gasteiger partial charge in [0.1, 0.15) is 11.5 Å². The maximum absolute atomic E-state index is 6.94. The molecule has 0 saturated carbocycles. The third-order valence-electron chi connectivity index (χ3n) is 1.54. The Morgan fingerprint density at radius 1 is 1.25 bits per heavy atom. The van der Waals surface area contributed by atoms with Gasteiger partial charge >= 0.3 is 0 Å². The minimum Gasteiger partial charge on any atom is -0.497 e. The van der Waals surface area contributed by atoms with E-state index in [1.165, 1.54) is 0 Å². The Labute approximate surface area is 72.1 Å². The summed E-state index contributed by atoms with van der Waals surface area (Å²) in [6.07, 6.45) is 6.94. The fourth-order valence-electron chi connectivity index (χ4n) is 0.902. The first-order chi connectivity index (χ1) is 5.81. The second-order valence-electron chi connectivity index (χ2n) is 2.19. The normalized spacial score (nSPS) is 8.75. The Bertz CT molecular complexity index is 310. The molecule has 12 heavy (non-hydrogen) atoms. The van der Waals surface area contributed by atoms with Gasteiger partial charge in [-0.05, 0) is 24.5 Å². The lowest BCUT2D eigenvalue weighted by molar-refractivity contribution is 0.393.